The molecule has 0 unspecified atom stereocenters. The summed E-state index contributed by atoms with van der Waals surface area (Å²) < 4.78 is 6.28. The lowest BCUT2D eigenvalue weighted by atomic mass is 9.92. The first-order chi connectivity index (χ1) is 26.8. The van der Waals surface area contributed by atoms with Gasteiger partial charge in [-0.3, -0.25) is 0 Å². The van der Waals surface area contributed by atoms with Crippen LogP contribution in [0.5, 0.6) is 0 Å². The summed E-state index contributed by atoms with van der Waals surface area (Å²) in [6.07, 6.45) is 0. The van der Waals surface area contributed by atoms with Crippen LogP contribution in [0.2, 0.25) is 0 Å². The zero-order valence-corrected chi connectivity index (χ0v) is 29.4. The predicted molar refractivity (Wildman–Crippen MR) is 229 cm³/mol. The molecule has 0 aliphatic heterocycles. The highest BCUT2D eigenvalue weighted by Crippen LogP contribution is 2.45. The highest BCUT2D eigenvalue weighted by molar-refractivity contribution is 6.28. The van der Waals surface area contributed by atoms with Gasteiger partial charge in [0.15, 0.2) is 0 Å². The van der Waals surface area contributed by atoms with Gasteiger partial charge < -0.3 is 9.32 Å². The minimum absolute atomic E-state index is 0.885. The standard InChI is InChI=1S/C52H33NO/c1-2-10-34(11-3-1)39-13-8-14-40(32-39)35-24-27-41(28-25-35)53(42-29-31-50-47(33-42)45-16-6-7-19-49(45)54-50)48-18-9-17-46-44(48)30-26-38-23-22-37-21-20-36-12-4-5-15-43(36)51(37)52(38)46/h1-33H. The SMILES string of the molecule is c1ccc(-c2cccc(-c3ccc(N(c4ccc5oc6ccccc6c5c4)c4cccc5c4ccc4ccc6ccc7ccccc7c6c45)cc3)c2)cc1. The van der Waals surface area contributed by atoms with Crippen molar-refractivity contribution >= 4 is 82.1 Å². The van der Waals surface area contributed by atoms with Crippen LogP contribution in [0.1, 0.15) is 0 Å². The fraction of sp³-hybridized carbons (Fsp3) is 0. The molecule has 0 saturated carbocycles. The topological polar surface area (TPSA) is 16.4 Å². The second-order valence-corrected chi connectivity index (χ2v) is 14.1. The molecule has 0 amide bonds. The van der Waals surface area contributed by atoms with E-state index in [0.29, 0.717) is 0 Å². The Bertz CT molecular complexity index is 3210. The molecule has 11 aromatic rings. The van der Waals surface area contributed by atoms with Crippen molar-refractivity contribution in [2.45, 2.75) is 0 Å². The quantitative estimate of drug-likeness (QED) is 0.168. The molecule has 0 fully saturated rings. The van der Waals surface area contributed by atoms with Gasteiger partial charge in [0.2, 0.25) is 0 Å². The molecule has 1 heterocycles. The van der Waals surface area contributed by atoms with Crippen molar-refractivity contribution in [2.75, 3.05) is 4.90 Å². The molecule has 2 heteroatoms. The second-order valence-electron chi connectivity index (χ2n) is 14.1. The fourth-order valence-corrected chi connectivity index (χ4v) is 8.45. The van der Waals surface area contributed by atoms with Crippen molar-refractivity contribution in [1.82, 2.24) is 0 Å². The van der Waals surface area contributed by atoms with Crippen molar-refractivity contribution in [2.24, 2.45) is 0 Å². The van der Waals surface area contributed by atoms with Gasteiger partial charge in [-0.2, -0.15) is 0 Å². The van der Waals surface area contributed by atoms with E-state index in [1.54, 1.807) is 0 Å². The molecular weight excluding hydrogens is 655 g/mol. The Hall–Kier alpha value is -7.16. The molecule has 2 nitrogen and oxygen atoms in total. The third-order valence-corrected chi connectivity index (χ3v) is 11.0. The van der Waals surface area contributed by atoms with Crippen molar-refractivity contribution < 1.29 is 4.42 Å². The second kappa shape index (κ2) is 12.2. The summed E-state index contributed by atoms with van der Waals surface area (Å²) in [5, 5.41) is 12.3. The smallest absolute Gasteiger partial charge is 0.135 e. The lowest BCUT2D eigenvalue weighted by molar-refractivity contribution is 0.669. The Morgan fingerprint density at radius 3 is 1.69 bits per heavy atom. The molecule has 0 atom stereocenters. The number of hydrogen-bond donors (Lipinski definition) is 0. The van der Waals surface area contributed by atoms with Crippen LogP contribution in [0.25, 0.3) is 87.3 Å². The molecule has 10 aromatic carbocycles. The normalized spacial score (nSPS) is 11.7. The van der Waals surface area contributed by atoms with Crippen LogP contribution in [0.15, 0.2) is 205 Å². The maximum atomic E-state index is 6.28. The summed E-state index contributed by atoms with van der Waals surface area (Å²) in [6, 6.07) is 72.4. The van der Waals surface area contributed by atoms with Gasteiger partial charge in [0.05, 0.1) is 5.69 Å². The van der Waals surface area contributed by atoms with E-state index in [0.717, 1.165) is 39.0 Å². The largest absolute Gasteiger partial charge is 0.456 e. The Labute approximate surface area is 312 Å². The van der Waals surface area contributed by atoms with Gasteiger partial charge in [-0.25, -0.2) is 0 Å². The van der Waals surface area contributed by atoms with Crippen LogP contribution < -0.4 is 4.90 Å². The number of fused-ring (bicyclic) bond motifs is 10. The van der Waals surface area contributed by atoms with Crippen LogP contribution in [-0.2, 0) is 0 Å². The minimum Gasteiger partial charge on any atom is -0.456 e. The summed E-state index contributed by atoms with van der Waals surface area (Å²) in [6.45, 7) is 0. The number of para-hydroxylation sites is 1. The van der Waals surface area contributed by atoms with Gasteiger partial charge in [-0.05, 0) is 108 Å². The van der Waals surface area contributed by atoms with Gasteiger partial charge in [0, 0.05) is 27.5 Å². The number of benzene rings is 10. The van der Waals surface area contributed by atoms with Crippen LogP contribution >= 0.6 is 0 Å². The Morgan fingerprint density at radius 1 is 0.296 bits per heavy atom. The highest BCUT2D eigenvalue weighted by atomic mass is 16.3. The maximum absolute atomic E-state index is 6.28. The molecule has 0 radical (unpaired) electrons. The summed E-state index contributed by atoms with van der Waals surface area (Å²) in [7, 11) is 0. The summed E-state index contributed by atoms with van der Waals surface area (Å²) in [5.41, 5.74) is 9.86. The summed E-state index contributed by atoms with van der Waals surface area (Å²) >= 11 is 0. The molecule has 1 aromatic heterocycles. The Kier molecular flexibility index (Phi) is 6.90. The summed E-state index contributed by atoms with van der Waals surface area (Å²) in [4.78, 5) is 2.41. The molecule has 0 N–H and O–H groups in total. The Morgan fingerprint density at radius 2 is 0.870 bits per heavy atom. The minimum atomic E-state index is 0.885. The van der Waals surface area contributed by atoms with Gasteiger partial charge in [0.1, 0.15) is 11.2 Å². The molecular formula is C52H33NO. The van der Waals surface area contributed by atoms with Crippen molar-refractivity contribution in [3.8, 4) is 22.3 Å². The van der Waals surface area contributed by atoms with E-state index in [1.165, 1.54) is 65.3 Å². The first-order valence-corrected chi connectivity index (χ1v) is 18.5. The van der Waals surface area contributed by atoms with E-state index in [4.69, 9.17) is 4.42 Å². The fourth-order valence-electron chi connectivity index (χ4n) is 8.45. The number of furan rings is 1. The first kappa shape index (κ1) is 30.5. The number of rotatable bonds is 5. The van der Waals surface area contributed by atoms with E-state index >= 15 is 0 Å². The maximum Gasteiger partial charge on any atom is 0.135 e. The van der Waals surface area contributed by atoms with E-state index in [9.17, 15) is 0 Å². The third-order valence-electron chi connectivity index (χ3n) is 11.0. The zero-order valence-electron chi connectivity index (χ0n) is 29.4. The molecule has 0 saturated heterocycles. The third kappa shape index (κ3) is 4.88. The predicted octanol–water partition coefficient (Wildman–Crippen LogP) is 15.0. The lowest BCUT2D eigenvalue weighted by Gasteiger charge is -2.27. The van der Waals surface area contributed by atoms with Gasteiger partial charge >= 0.3 is 0 Å². The molecule has 252 valence electrons. The average Bonchev–Trinajstić information content (AvgIpc) is 3.62. The van der Waals surface area contributed by atoms with Crippen LogP contribution in [-0.4, -0.2) is 0 Å². The average molecular weight is 688 g/mol. The first-order valence-electron chi connectivity index (χ1n) is 18.5. The van der Waals surface area contributed by atoms with Crippen LogP contribution in [0.3, 0.4) is 0 Å². The molecule has 0 aliphatic rings. The summed E-state index contributed by atoms with van der Waals surface area (Å²) in [5.74, 6) is 0. The van der Waals surface area contributed by atoms with Crippen molar-refractivity contribution in [3.05, 3.63) is 200 Å². The zero-order chi connectivity index (χ0) is 35.6. The van der Waals surface area contributed by atoms with E-state index < -0.39 is 0 Å². The van der Waals surface area contributed by atoms with Crippen LogP contribution in [0, 0.1) is 0 Å². The monoisotopic (exact) mass is 687 g/mol. The van der Waals surface area contributed by atoms with E-state index in [-0.39, 0.29) is 0 Å². The van der Waals surface area contributed by atoms with Gasteiger partial charge in [-0.1, -0.05) is 152 Å². The molecule has 54 heavy (non-hydrogen) atoms. The molecule has 0 aliphatic carbocycles. The lowest BCUT2D eigenvalue weighted by Crippen LogP contribution is -2.10. The highest BCUT2D eigenvalue weighted by Gasteiger charge is 2.19. The Balaban J connectivity index is 1.13. The van der Waals surface area contributed by atoms with Gasteiger partial charge in [-0.15, -0.1) is 0 Å². The number of nitrogens with zero attached hydrogens (tertiary/aromatic N) is 1. The van der Waals surface area contributed by atoms with E-state index in [2.05, 4.69) is 193 Å². The molecule has 0 spiro atoms. The van der Waals surface area contributed by atoms with Crippen molar-refractivity contribution in [3.63, 3.8) is 0 Å². The number of hydrogen-bond acceptors (Lipinski definition) is 2. The van der Waals surface area contributed by atoms with Crippen LogP contribution in [0.4, 0.5) is 17.1 Å². The van der Waals surface area contributed by atoms with Gasteiger partial charge in [0.25, 0.3) is 0 Å². The number of anilines is 3. The van der Waals surface area contributed by atoms with Crippen molar-refractivity contribution in [1.29, 1.82) is 0 Å². The molecule has 0 bridgehead atoms. The molecule has 11 rings (SSSR count). The van der Waals surface area contributed by atoms with E-state index in [1.807, 2.05) is 12.1 Å².